The molecule has 2 N–H and O–H groups in total. The first kappa shape index (κ1) is 14.6. The highest BCUT2D eigenvalue weighted by molar-refractivity contribution is 5.66. The highest BCUT2D eigenvalue weighted by atomic mass is 16.5. The van der Waals surface area contributed by atoms with Crippen LogP contribution in [0, 0.1) is 12.3 Å². The van der Waals surface area contributed by atoms with Crippen LogP contribution < -0.4 is 5.32 Å². The van der Waals surface area contributed by atoms with Crippen molar-refractivity contribution < 1.29 is 14.4 Å². The summed E-state index contributed by atoms with van der Waals surface area (Å²) in [6.07, 6.45) is 1.81. The van der Waals surface area contributed by atoms with Crippen LogP contribution in [0.25, 0.3) is 0 Å². The molecule has 1 aromatic rings. The second-order valence-corrected chi connectivity index (χ2v) is 5.22. The van der Waals surface area contributed by atoms with E-state index in [0.29, 0.717) is 24.7 Å². The van der Waals surface area contributed by atoms with Crippen LogP contribution >= 0.6 is 0 Å². The van der Waals surface area contributed by atoms with Gasteiger partial charge in [0.25, 0.3) is 0 Å². The molecule has 6 heteroatoms. The Morgan fingerprint density at radius 1 is 1.44 bits per heavy atom. The molecule has 0 fully saturated rings. The van der Waals surface area contributed by atoms with Crippen LogP contribution in [0.1, 0.15) is 44.8 Å². The molecular formula is C12H21N3O3. The van der Waals surface area contributed by atoms with Crippen molar-refractivity contribution in [2.45, 2.75) is 46.6 Å². The van der Waals surface area contributed by atoms with Crippen molar-refractivity contribution in [2.75, 3.05) is 6.54 Å². The van der Waals surface area contributed by atoms with Gasteiger partial charge in [0.2, 0.25) is 5.89 Å². The Kier molecular flexibility index (Phi) is 5.27. The molecule has 1 heterocycles. The standard InChI is InChI=1S/C12H21N3O3/c1-9-14-10(18-15-9)8-13-7-6-12(2,3)5-4-11(16)17/h13H,4-8H2,1-3H3,(H,16,17). The van der Waals surface area contributed by atoms with Crippen molar-refractivity contribution in [1.29, 1.82) is 0 Å². The maximum Gasteiger partial charge on any atom is 0.303 e. The monoisotopic (exact) mass is 255 g/mol. The number of hydrogen-bond acceptors (Lipinski definition) is 5. The van der Waals surface area contributed by atoms with Gasteiger partial charge in [-0.3, -0.25) is 4.79 Å². The molecular weight excluding hydrogens is 234 g/mol. The number of nitrogens with zero attached hydrogens (tertiary/aromatic N) is 2. The summed E-state index contributed by atoms with van der Waals surface area (Å²) in [5.41, 5.74) is 0.0240. The number of aromatic nitrogens is 2. The fourth-order valence-corrected chi connectivity index (χ4v) is 1.60. The Hall–Kier alpha value is -1.43. The molecule has 0 unspecified atom stereocenters. The van der Waals surface area contributed by atoms with E-state index in [4.69, 9.17) is 9.63 Å². The summed E-state index contributed by atoms with van der Waals surface area (Å²) < 4.78 is 4.97. The minimum absolute atomic E-state index is 0.0240. The van der Waals surface area contributed by atoms with E-state index < -0.39 is 5.97 Å². The summed E-state index contributed by atoms with van der Waals surface area (Å²) >= 11 is 0. The molecule has 0 aliphatic carbocycles. The number of rotatable bonds is 8. The summed E-state index contributed by atoms with van der Waals surface area (Å²) in [4.78, 5) is 14.6. The lowest BCUT2D eigenvalue weighted by molar-refractivity contribution is -0.137. The maximum absolute atomic E-state index is 10.5. The average molecular weight is 255 g/mol. The van der Waals surface area contributed by atoms with Crippen molar-refractivity contribution in [3.63, 3.8) is 0 Å². The third-order valence-electron chi connectivity index (χ3n) is 2.84. The summed E-state index contributed by atoms with van der Waals surface area (Å²) in [5, 5.41) is 15.6. The number of hydrogen-bond donors (Lipinski definition) is 2. The molecule has 0 amide bonds. The van der Waals surface area contributed by atoms with Crippen LogP contribution in [0.4, 0.5) is 0 Å². The van der Waals surface area contributed by atoms with Gasteiger partial charge in [0.15, 0.2) is 5.82 Å². The molecule has 0 spiro atoms. The van der Waals surface area contributed by atoms with Crippen molar-refractivity contribution >= 4 is 5.97 Å². The molecule has 0 aromatic carbocycles. The third kappa shape index (κ3) is 5.77. The zero-order valence-corrected chi connectivity index (χ0v) is 11.2. The van der Waals surface area contributed by atoms with E-state index >= 15 is 0 Å². The van der Waals surface area contributed by atoms with Gasteiger partial charge >= 0.3 is 5.97 Å². The number of nitrogens with one attached hydrogen (secondary N) is 1. The van der Waals surface area contributed by atoms with E-state index in [9.17, 15) is 4.79 Å². The summed E-state index contributed by atoms with van der Waals surface area (Å²) in [7, 11) is 0. The van der Waals surface area contributed by atoms with Gasteiger partial charge in [-0.05, 0) is 31.7 Å². The lowest BCUT2D eigenvalue weighted by atomic mass is 9.84. The number of carboxylic acids is 1. The number of carbonyl (C=O) groups is 1. The van der Waals surface area contributed by atoms with Crippen molar-refractivity contribution in [3.05, 3.63) is 11.7 Å². The normalized spacial score (nSPS) is 11.7. The molecule has 1 rings (SSSR count). The quantitative estimate of drug-likeness (QED) is 0.688. The summed E-state index contributed by atoms with van der Waals surface area (Å²) in [5.74, 6) is 0.474. The van der Waals surface area contributed by atoms with Gasteiger partial charge in [-0.1, -0.05) is 19.0 Å². The van der Waals surface area contributed by atoms with Crippen LogP contribution in [0.5, 0.6) is 0 Å². The molecule has 18 heavy (non-hydrogen) atoms. The largest absolute Gasteiger partial charge is 0.481 e. The SMILES string of the molecule is Cc1noc(CNCCC(C)(C)CCC(=O)O)n1. The van der Waals surface area contributed by atoms with Crippen LogP contribution in [-0.2, 0) is 11.3 Å². The molecule has 0 aliphatic rings. The Morgan fingerprint density at radius 3 is 2.72 bits per heavy atom. The summed E-state index contributed by atoms with van der Waals surface area (Å²) in [6, 6.07) is 0. The van der Waals surface area contributed by atoms with E-state index in [-0.39, 0.29) is 11.8 Å². The lowest BCUT2D eigenvalue weighted by Gasteiger charge is -2.23. The van der Waals surface area contributed by atoms with Gasteiger partial charge in [-0.2, -0.15) is 4.98 Å². The zero-order chi connectivity index (χ0) is 13.6. The molecule has 6 nitrogen and oxygen atoms in total. The van der Waals surface area contributed by atoms with Crippen molar-refractivity contribution in [2.24, 2.45) is 5.41 Å². The molecule has 0 saturated carbocycles. The highest BCUT2D eigenvalue weighted by Crippen LogP contribution is 2.25. The fourth-order valence-electron chi connectivity index (χ4n) is 1.60. The zero-order valence-electron chi connectivity index (χ0n) is 11.2. The Balaban J connectivity index is 2.18. The minimum Gasteiger partial charge on any atom is -0.481 e. The van der Waals surface area contributed by atoms with E-state index in [2.05, 4.69) is 29.3 Å². The number of aliphatic carboxylic acids is 1. The highest BCUT2D eigenvalue weighted by Gasteiger charge is 2.18. The second-order valence-electron chi connectivity index (χ2n) is 5.22. The van der Waals surface area contributed by atoms with Gasteiger partial charge in [-0.25, -0.2) is 0 Å². The average Bonchev–Trinajstić information content (AvgIpc) is 2.68. The molecule has 102 valence electrons. The topological polar surface area (TPSA) is 88.2 Å². The molecule has 0 atom stereocenters. The fraction of sp³-hybridized carbons (Fsp3) is 0.750. The summed E-state index contributed by atoms with van der Waals surface area (Å²) in [6.45, 7) is 7.29. The first-order valence-electron chi connectivity index (χ1n) is 6.11. The van der Waals surface area contributed by atoms with E-state index in [1.54, 1.807) is 6.92 Å². The van der Waals surface area contributed by atoms with E-state index in [0.717, 1.165) is 13.0 Å². The van der Waals surface area contributed by atoms with Crippen LogP contribution in [0.2, 0.25) is 0 Å². The number of carboxylic acid groups (broad SMARTS) is 1. The van der Waals surface area contributed by atoms with Gasteiger partial charge in [-0.15, -0.1) is 0 Å². The predicted molar refractivity (Wildman–Crippen MR) is 66.0 cm³/mol. The van der Waals surface area contributed by atoms with Crippen LogP contribution in [0.15, 0.2) is 4.52 Å². The van der Waals surface area contributed by atoms with E-state index in [1.807, 2.05) is 0 Å². The van der Waals surface area contributed by atoms with Gasteiger partial charge in [0.05, 0.1) is 6.54 Å². The first-order valence-corrected chi connectivity index (χ1v) is 6.11. The number of aryl methyl sites for hydroxylation is 1. The van der Waals surface area contributed by atoms with Gasteiger partial charge in [0, 0.05) is 6.42 Å². The first-order chi connectivity index (χ1) is 8.39. The smallest absolute Gasteiger partial charge is 0.303 e. The maximum atomic E-state index is 10.5. The Labute approximate surface area is 107 Å². The molecule has 1 aromatic heterocycles. The Morgan fingerprint density at radius 2 is 2.17 bits per heavy atom. The second kappa shape index (κ2) is 6.49. The van der Waals surface area contributed by atoms with Gasteiger partial charge in [0.1, 0.15) is 0 Å². The van der Waals surface area contributed by atoms with E-state index in [1.165, 1.54) is 0 Å². The molecule has 0 saturated heterocycles. The lowest BCUT2D eigenvalue weighted by Crippen LogP contribution is -2.23. The van der Waals surface area contributed by atoms with Gasteiger partial charge < -0.3 is 14.9 Å². The molecule has 0 radical (unpaired) electrons. The van der Waals surface area contributed by atoms with Crippen molar-refractivity contribution in [1.82, 2.24) is 15.5 Å². The van der Waals surface area contributed by atoms with Crippen LogP contribution in [0.3, 0.4) is 0 Å². The molecule has 0 aliphatic heterocycles. The third-order valence-corrected chi connectivity index (χ3v) is 2.84. The van der Waals surface area contributed by atoms with Crippen molar-refractivity contribution in [3.8, 4) is 0 Å². The van der Waals surface area contributed by atoms with Crippen LogP contribution in [-0.4, -0.2) is 27.8 Å². The predicted octanol–water partition coefficient (Wildman–Crippen LogP) is 1.75. The molecule has 0 bridgehead atoms. The minimum atomic E-state index is -0.739. The Bertz CT molecular complexity index is 388.